The molecule has 0 aromatic carbocycles. The minimum atomic E-state index is -0.943. The molecule has 0 aromatic heterocycles. The minimum Gasteiger partial charge on any atom is -0.370 e. The summed E-state index contributed by atoms with van der Waals surface area (Å²) in [5.74, 6) is -1.61. The molecule has 1 fully saturated rings. The number of carbonyl (C=O) groups is 5. The molecule has 0 aliphatic carbocycles. The van der Waals surface area contributed by atoms with E-state index >= 15 is 0 Å². The fourth-order valence-corrected chi connectivity index (χ4v) is 3.75. The monoisotopic (exact) mass is 510 g/mol. The summed E-state index contributed by atoms with van der Waals surface area (Å²) in [5.41, 5.74) is 16.3. The summed E-state index contributed by atoms with van der Waals surface area (Å²) in [5, 5.41) is 10.9. The molecule has 13 heteroatoms. The molecular weight excluding hydrogens is 468 g/mol. The van der Waals surface area contributed by atoms with Gasteiger partial charge in [-0.1, -0.05) is 0 Å². The highest BCUT2D eigenvalue weighted by atomic mass is 16.2. The molecule has 3 atom stereocenters. The van der Waals surface area contributed by atoms with Gasteiger partial charge in [0.05, 0.1) is 6.04 Å². The number of hydrogen-bond acceptors (Lipinski definition) is 7. The predicted octanol–water partition coefficient (Wildman–Crippen LogP) is -1.71. The van der Waals surface area contributed by atoms with Gasteiger partial charge in [-0.3, -0.25) is 24.2 Å². The molecule has 0 aromatic rings. The zero-order chi connectivity index (χ0) is 26.8. The largest absolute Gasteiger partial charge is 0.370 e. The Morgan fingerprint density at radius 2 is 1.53 bits per heavy atom. The Morgan fingerprint density at radius 3 is 2.22 bits per heavy atom. The van der Waals surface area contributed by atoms with Crippen LogP contribution in [-0.4, -0.2) is 73.6 Å². The first-order valence-electron chi connectivity index (χ1n) is 12.6. The first-order valence-corrected chi connectivity index (χ1v) is 12.6. The van der Waals surface area contributed by atoms with E-state index in [0.717, 1.165) is 0 Å². The molecule has 0 radical (unpaired) electrons. The number of carbonyl (C=O) groups excluding carboxylic acids is 5. The third kappa shape index (κ3) is 13.6. The lowest BCUT2D eigenvalue weighted by molar-refractivity contribution is -0.133. The molecule has 1 rings (SSSR count). The van der Waals surface area contributed by atoms with Crippen LogP contribution in [0.1, 0.15) is 70.6 Å². The fraction of sp³-hybridized carbons (Fsp3) is 0.739. The molecule has 1 aliphatic rings. The van der Waals surface area contributed by atoms with E-state index in [1.54, 1.807) is 0 Å². The van der Waals surface area contributed by atoms with E-state index < -0.39 is 29.9 Å². The molecule has 0 saturated carbocycles. The summed E-state index contributed by atoms with van der Waals surface area (Å²) < 4.78 is 0. The van der Waals surface area contributed by atoms with Gasteiger partial charge in [0.25, 0.3) is 0 Å². The SMILES string of the molecule is NCCCC[C@@H]1NC(=O)CCCC(=O)NCCCC[C@@H](C=O)NC(=O)[C@H](CCCN=C(N)N)NC1=O. The van der Waals surface area contributed by atoms with Crippen LogP contribution < -0.4 is 38.5 Å². The number of hydrogen-bond donors (Lipinski definition) is 7. The van der Waals surface area contributed by atoms with Crippen LogP contribution in [0.5, 0.6) is 0 Å². The average molecular weight is 511 g/mol. The van der Waals surface area contributed by atoms with Crippen molar-refractivity contribution < 1.29 is 24.0 Å². The quantitative estimate of drug-likeness (QED) is 0.0816. The smallest absolute Gasteiger partial charge is 0.243 e. The van der Waals surface area contributed by atoms with E-state index in [1.807, 2.05) is 0 Å². The van der Waals surface area contributed by atoms with Crippen LogP contribution in [0.2, 0.25) is 0 Å². The summed E-state index contributed by atoms with van der Waals surface area (Å²) in [4.78, 5) is 66.0. The van der Waals surface area contributed by atoms with Gasteiger partial charge < -0.3 is 43.3 Å². The van der Waals surface area contributed by atoms with Crippen molar-refractivity contribution in [2.75, 3.05) is 19.6 Å². The summed E-state index contributed by atoms with van der Waals surface area (Å²) in [6, 6.07) is -2.54. The summed E-state index contributed by atoms with van der Waals surface area (Å²) in [6.45, 7) is 1.15. The molecule has 10 N–H and O–H groups in total. The maximum absolute atomic E-state index is 13.1. The number of unbranched alkanes of at least 4 members (excludes halogenated alkanes) is 1. The molecule has 0 bridgehead atoms. The average Bonchev–Trinajstić information content (AvgIpc) is 2.83. The van der Waals surface area contributed by atoms with Gasteiger partial charge in [-0.15, -0.1) is 0 Å². The van der Waals surface area contributed by atoms with Crippen LogP contribution in [0.4, 0.5) is 0 Å². The number of amides is 4. The standard InChI is InChI=1S/C23H42N8O5/c24-12-3-1-8-17-22(36)31-18(9-6-14-28-23(25)26)21(35)29-16(15-32)7-2-4-13-27-19(33)10-5-11-20(34)30-17/h15-18H,1-14,24H2,(H,27,33)(H,29,35)(H,30,34)(H,31,36)(H4,25,26,28)/t16-,17-,18-/m0/s1. The number of aldehydes is 1. The van der Waals surface area contributed by atoms with E-state index in [2.05, 4.69) is 26.3 Å². The first kappa shape index (κ1) is 30.8. The Hall–Kier alpha value is -3.22. The van der Waals surface area contributed by atoms with Crippen molar-refractivity contribution in [1.29, 1.82) is 0 Å². The molecule has 204 valence electrons. The molecule has 1 aliphatic heterocycles. The Bertz CT molecular complexity index is 757. The van der Waals surface area contributed by atoms with Gasteiger partial charge in [-0.2, -0.15) is 0 Å². The number of guanidine groups is 1. The molecular formula is C23H42N8O5. The molecule has 13 nitrogen and oxygen atoms in total. The van der Waals surface area contributed by atoms with E-state index in [-0.39, 0.29) is 43.6 Å². The number of nitrogens with one attached hydrogen (secondary N) is 4. The van der Waals surface area contributed by atoms with Gasteiger partial charge in [0.2, 0.25) is 23.6 Å². The van der Waals surface area contributed by atoms with Gasteiger partial charge in [0.15, 0.2) is 5.96 Å². The van der Waals surface area contributed by atoms with E-state index in [1.165, 1.54) is 0 Å². The second-order valence-corrected chi connectivity index (χ2v) is 8.86. The lowest BCUT2D eigenvalue weighted by atomic mass is 10.0. The molecule has 0 unspecified atom stereocenters. The van der Waals surface area contributed by atoms with Crippen molar-refractivity contribution in [3.05, 3.63) is 0 Å². The summed E-state index contributed by atoms with van der Waals surface area (Å²) in [7, 11) is 0. The zero-order valence-electron chi connectivity index (χ0n) is 20.9. The summed E-state index contributed by atoms with van der Waals surface area (Å²) >= 11 is 0. The highest BCUT2D eigenvalue weighted by molar-refractivity contribution is 5.92. The van der Waals surface area contributed by atoms with Crippen LogP contribution in [0.3, 0.4) is 0 Å². The van der Waals surface area contributed by atoms with Gasteiger partial charge in [0, 0.05) is 25.9 Å². The van der Waals surface area contributed by atoms with Gasteiger partial charge in [-0.05, 0) is 64.3 Å². The predicted molar refractivity (Wildman–Crippen MR) is 135 cm³/mol. The van der Waals surface area contributed by atoms with Crippen molar-refractivity contribution in [2.45, 2.75) is 88.8 Å². The second kappa shape index (κ2) is 18.1. The topological polar surface area (TPSA) is 224 Å². The van der Waals surface area contributed by atoms with Crippen molar-refractivity contribution in [2.24, 2.45) is 22.2 Å². The lowest BCUT2D eigenvalue weighted by Gasteiger charge is -2.24. The second-order valence-electron chi connectivity index (χ2n) is 8.86. The van der Waals surface area contributed by atoms with Crippen LogP contribution in [0, 0.1) is 0 Å². The van der Waals surface area contributed by atoms with Crippen LogP contribution in [0.15, 0.2) is 4.99 Å². The molecule has 1 saturated heterocycles. The van der Waals surface area contributed by atoms with Crippen molar-refractivity contribution in [1.82, 2.24) is 21.3 Å². The van der Waals surface area contributed by atoms with Crippen molar-refractivity contribution >= 4 is 35.9 Å². The Balaban J connectivity index is 3.03. The van der Waals surface area contributed by atoms with Crippen LogP contribution in [-0.2, 0) is 24.0 Å². The van der Waals surface area contributed by atoms with Crippen molar-refractivity contribution in [3.8, 4) is 0 Å². The zero-order valence-corrected chi connectivity index (χ0v) is 20.9. The third-order valence-electron chi connectivity index (χ3n) is 5.74. The Kier molecular flexibility index (Phi) is 15.5. The van der Waals surface area contributed by atoms with Gasteiger partial charge in [0.1, 0.15) is 18.4 Å². The molecule has 1 heterocycles. The molecule has 0 spiro atoms. The van der Waals surface area contributed by atoms with Crippen molar-refractivity contribution in [3.63, 3.8) is 0 Å². The maximum atomic E-state index is 13.1. The minimum absolute atomic E-state index is 0.0758. The number of nitrogens with two attached hydrogens (primary N) is 3. The number of rotatable bonds is 9. The molecule has 4 amide bonds. The fourth-order valence-electron chi connectivity index (χ4n) is 3.75. The number of aliphatic imine (C=N–C) groups is 1. The highest BCUT2D eigenvalue weighted by Gasteiger charge is 2.27. The first-order chi connectivity index (χ1) is 17.3. The van der Waals surface area contributed by atoms with Gasteiger partial charge in [-0.25, -0.2) is 0 Å². The summed E-state index contributed by atoms with van der Waals surface area (Å²) in [6.07, 6.45) is 5.19. The number of nitrogens with zero attached hydrogens (tertiary/aromatic N) is 1. The van der Waals surface area contributed by atoms with Gasteiger partial charge >= 0.3 is 0 Å². The maximum Gasteiger partial charge on any atom is 0.243 e. The third-order valence-corrected chi connectivity index (χ3v) is 5.74. The highest BCUT2D eigenvalue weighted by Crippen LogP contribution is 2.07. The van der Waals surface area contributed by atoms with E-state index in [0.29, 0.717) is 70.7 Å². The Morgan fingerprint density at radius 1 is 0.861 bits per heavy atom. The van der Waals surface area contributed by atoms with E-state index in [9.17, 15) is 24.0 Å². The van der Waals surface area contributed by atoms with Crippen LogP contribution in [0.25, 0.3) is 0 Å². The van der Waals surface area contributed by atoms with Crippen LogP contribution >= 0.6 is 0 Å². The molecule has 36 heavy (non-hydrogen) atoms. The Labute approximate surface area is 212 Å². The lowest BCUT2D eigenvalue weighted by Crippen LogP contribution is -2.55. The normalized spacial score (nSPS) is 23.2. The van der Waals surface area contributed by atoms with E-state index in [4.69, 9.17) is 17.2 Å².